The van der Waals surface area contributed by atoms with Gasteiger partial charge in [-0.05, 0) is 48.9 Å². The number of amides is 1. The minimum atomic E-state index is -0.282. The van der Waals surface area contributed by atoms with E-state index in [1.807, 2.05) is 6.92 Å². The first-order valence-corrected chi connectivity index (χ1v) is 7.27. The van der Waals surface area contributed by atoms with E-state index in [4.69, 9.17) is 32.7 Å². The molecule has 0 aliphatic rings. The van der Waals surface area contributed by atoms with Crippen molar-refractivity contribution in [2.45, 2.75) is 6.92 Å². The van der Waals surface area contributed by atoms with E-state index in [1.165, 1.54) is 7.11 Å². The van der Waals surface area contributed by atoms with E-state index >= 15 is 0 Å². The van der Waals surface area contributed by atoms with Crippen LogP contribution in [0.25, 0.3) is 0 Å². The predicted molar refractivity (Wildman–Crippen MR) is 88.3 cm³/mol. The van der Waals surface area contributed by atoms with Gasteiger partial charge in [-0.1, -0.05) is 23.2 Å². The Hall–Kier alpha value is -1.91. The summed E-state index contributed by atoms with van der Waals surface area (Å²) in [6.45, 7) is 1.76. The molecule has 0 bridgehead atoms. The van der Waals surface area contributed by atoms with Crippen LogP contribution in [0.4, 0.5) is 5.69 Å². The molecule has 0 radical (unpaired) electrons. The lowest BCUT2D eigenvalue weighted by Crippen LogP contribution is -2.20. The number of carbonyl (C=O) groups is 1. The summed E-state index contributed by atoms with van der Waals surface area (Å²) in [5.74, 6) is 0.885. The number of carbonyl (C=O) groups excluding carboxylic acids is 1. The Labute approximate surface area is 138 Å². The molecule has 1 N–H and O–H groups in total. The van der Waals surface area contributed by atoms with Crippen LogP contribution in [0, 0.1) is 6.92 Å². The van der Waals surface area contributed by atoms with E-state index < -0.39 is 0 Å². The van der Waals surface area contributed by atoms with Crippen LogP contribution in [-0.2, 0) is 4.79 Å². The number of ether oxygens (including phenoxy) is 2. The number of hydrogen-bond acceptors (Lipinski definition) is 3. The Morgan fingerprint density at radius 1 is 1.14 bits per heavy atom. The van der Waals surface area contributed by atoms with E-state index in [2.05, 4.69) is 5.32 Å². The van der Waals surface area contributed by atoms with Crippen LogP contribution >= 0.6 is 23.2 Å². The Bertz CT molecular complexity index is 689. The molecule has 0 spiro atoms. The van der Waals surface area contributed by atoms with E-state index in [0.717, 1.165) is 5.56 Å². The van der Waals surface area contributed by atoms with Crippen LogP contribution in [0.15, 0.2) is 36.4 Å². The molecule has 0 heterocycles. The first kappa shape index (κ1) is 16.5. The van der Waals surface area contributed by atoms with Gasteiger partial charge in [0.05, 0.1) is 12.1 Å². The maximum atomic E-state index is 11.9. The number of aryl methyl sites for hydroxylation is 1. The fourth-order valence-corrected chi connectivity index (χ4v) is 2.34. The zero-order valence-electron chi connectivity index (χ0n) is 12.2. The van der Waals surface area contributed by atoms with Crippen molar-refractivity contribution in [2.24, 2.45) is 0 Å². The molecule has 0 aliphatic carbocycles. The molecule has 22 heavy (non-hydrogen) atoms. The van der Waals surface area contributed by atoms with Crippen molar-refractivity contribution in [3.05, 3.63) is 52.0 Å². The van der Waals surface area contributed by atoms with E-state index in [0.29, 0.717) is 27.2 Å². The van der Waals surface area contributed by atoms with Crippen molar-refractivity contribution in [3.63, 3.8) is 0 Å². The van der Waals surface area contributed by atoms with Gasteiger partial charge in [0.1, 0.15) is 11.5 Å². The number of nitrogens with one attached hydrogen (secondary N) is 1. The normalized spacial score (nSPS) is 10.2. The highest BCUT2D eigenvalue weighted by molar-refractivity contribution is 6.32. The number of hydrogen-bond donors (Lipinski definition) is 1. The van der Waals surface area contributed by atoms with Gasteiger partial charge in [0, 0.05) is 10.7 Å². The van der Waals surface area contributed by atoms with Gasteiger partial charge in [-0.3, -0.25) is 4.79 Å². The van der Waals surface area contributed by atoms with Crippen molar-refractivity contribution in [1.82, 2.24) is 0 Å². The molecule has 0 saturated heterocycles. The van der Waals surface area contributed by atoms with Crippen LogP contribution in [0.2, 0.25) is 10.0 Å². The lowest BCUT2D eigenvalue weighted by molar-refractivity contribution is -0.118. The van der Waals surface area contributed by atoms with E-state index in [-0.39, 0.29) is 12.5 Å². The average molecular weight is 340 g/mol. The van der Waals surface area contributed by atoms with E-state index in [9.17, 15) is 4.79 Å². The standard InChI is InChI=1S/C16H15Cl2NO3/c1-10-7-11(17)3-5-14(10)22-9-16(20)19-12-4-6-15(21-2)13(18)8-12/h3-8H,9H2,1-2H3,(H,19,20). The van der Waals surface area contributed by atoms with Gasteiger partial charge < -0.3 is 14.8 Å². The quantitative estimate of drug-likeness (QED) is 0.881. The highest BCUT2D eigenvalue weighted by Gasteiger charge is 2.08. The number of rotatable bonds is 5. The molecule has 2 rings (SSSR count). The van der Waals surface area contributed by atoms with Crippen molar-refractivity contribution in [2.75, 3.05) is 19.0 Å². The lowest BCUT2D eigenvalue weighted by atomic mass is 10.2. The molecule has 0 aliphatic heterocycles. The molecule has 1 amide bonds. The summed E-state index contributed by atoms with van der Waals surface area (Å²) in [5.41, 5.74) is 1.44. The average Bonchev–Trinajstić information content (AvgIpc) is 2.46. The second-order valence-electron chi connectivity index (χ2n) is 4.60. The Kier molecular flexibility index (Phi) is 5.52. The monoisotopic (exact) mass is 339 g/mol. The Morgan fingerprint density at radius 2 is 1.86 bits per heavy atom. The van der Waals surface area contributed by atoms with Crippen LogP contribution in [0.1, 0.15) is 5.56 Å². The molecule has 0 unspecified atom stereocenters. The molecule has 4 nitrogen and oxygen atoms in total. The molecule has 2 aromatic carbocycles. The maximum Gasteiger partial charge on any atom is 0.262 e. The highest BCUT2D eigenvalue weighted by Crippen LogP contribution is 2.27. The largest absolute Gasteiger partial charge is 0.495 e. The molecular weight excluding hydrogens is 325 g/mol. The van der Waals surface area contributed by atoms with Crippen LogP contribution in [-0.4, -0.2) is 19.6 Å². The number of halogens is 2. The summed E-state index contributed by atoms with van der Waals surface area (Å²) >= 11 is 11.9. The SMILES string of the molecule is COc1ccc(NC(=O)COc2ccc(Cl)cc2C)cc1Cl. The van der Waals surface area contributed by atoms with Gasteiger partial charge in [0.15, 0.2) is 6.61 Å². The van der Waals surface area contributed by atoms with Crippen LogP contribution in [0.3, 0.4) is 0 Å². The fourth-order valence-electron chi connectivity index (χ4n) is 1.86. The molecule has 0 saturated carbocycles. The number of benzene rings is 2. The summed E-state index contributed by atoms with van der Waals surface area (Å²) in [4.78, 5) is 11.9. The molecule has 0 fully saturated rings. The summed E-state index contributed by atoms with van der Waals surface area (Å²) in [5, 5.41) is 3.76. The van der Waals surface area contributed by atoms with Crippen molar-refractivity contribution < 1.29 is 14.3 Å². The summed E-state index contributed by atoms with van der Waals surface area (Å²) in [7, 11) is 1.53. The fraction of sp³-hybridized carbons (Fsp3) is 0.188. The topological polar surface area (TPSA) is 47.6 Å². The van der Waals surface area contributed by atoms with E-state index in [1.54, 1.807) is 36.4 Å². The van der Waals surface area contributed by atoms with Gasteiger partial charge in [0.2, 0.25) is 0 Å². The first-order valence-electron chi connectivity index (χ1n) is 6.52. The molecule has 116 valence electrons. The third-order valence-electron chi connectivity index (χ3n) is 2.93. The third-order valence-corrected chi connectivity index (χ3v) is 3.46. The van der Waals surface area contributed by atoms with Crippen LogP contribution in [0.5, 0.6) is 11.5 Å². The second-order valence-corrected chi connectivity index (χ2v) is 5.44. The smallest absolute Gasteiger partial charge is 0.262 e. The maximum absolute atomic E-state index is 11.9. The zero-order chi connectivity index (χ0) is 16.1. The highest BCUT2D eigenvalue weighted by atomic mass is 35.5. The van der Waals surface area contributed by atoms with Gasteiger partial charge in [-0.2, -0.15) is 0 Å². The minimum absolute atomic E-state index is 0.105. The van der Waals surface area contributed by atoms with Crippen molar-refractivity contribution in [3.8, 4) is 11.5 Å². The Morgan fingerprint density at radius 3 is 2.50 bits per heavy atom. The zero-order valence-corrected chi connectivity index (χ0v) is 13.7. The number of methoxy groups -OCH3 is 1. The molecule has 6 heteroatoms. The molecule has 0 aromatic heterocycles. The van der Waals surface area contributed by atoms with Gasteiger partial charge in [-0.25, -0.2) is 0 Å². The molecule has 2 aromatic rings. The Balaban J connectivity index is 1.94. The lowest BCUT2D eigenvalue weighted by Gasteiger charge is -2.10. The van der Waals surface area contributed by atoms with Crippen molar-refractivity contribution >= 4 is 34.8 Å². The summed E-state index contributed by atoms with van der Waals surface area (Å²) < 4.78 is 10.5. The summed E-state index contributed by atoms with van der Waals surface area (Å²) in [6, 6.07) is 10.2. The van der Waals surface area contributed by atoms with Gasteiger partial charge in [0.25, 0.3) is 5.91 Å². The first-order chi connectivity index (χ1) is 10.5. The van der Waals surface area contributed by atoms with Gasteiger partial charge >= 0.3 is 0 Å². The number of anilines is 1. The summed E-state index contributed by atoms with van der Waals surface area (Å²) in [6.07, 6.45) is 0. The third kappa shape index (κ3) is 4.29. The van der Waals surface area contributed by atoms with Gasteiger partial charge in [-0.15, -0.1) is 0 Å². The van der Waals surface area contributed by atoms with Crippen LogP contribution < -0.4 is 14.8 Å². The predicted octanol–water partition coefficient (Wildman–Crippen LogP) is 4.33. The van der Waals surface area contributed by atoms with Crippen molar-refractivity contribution in [1.29, 1.82) is 0 Å². The second kappa shape index (κ2) is 7.38. The molecule has 0 atom stereocenters. The minimum Gasteiger partial charge on any atom is -0.495 e. The molecular formula is C16H15Cl2NO3.